The minimum Gasteiger partial charge on any atom is -0.489 e. The monoisotopic (exact) mass is 383 g/mol. The fraction of sp³-hybridized carbons (Fsp3) is 0.350. The molecular weight excluding hydrogens is 362 g/mol. The molecule has 7 heteroatoms. The Balaban J connectivity index is 1.37. The van der Waals surface area contributed by atoms with Crippen molar-refractivity contribution in [2.24, 2.45) is 10.9 Å². The molecule has 2 aliphatic rings. The summed E-state index contributed by atoms with van der Waals surface area (Å²) in [6, 6.07) is 18.4. The van der Waals surface area contributed by atoms with E-state index in [1.54, 1.807) is 0 Å². The zero-order chi connectivity index (χ0) is 18.6. The van der Waals surface area contributed by atoms with Crippen LogP contribution < -0.4 is 10.1 Å². The Kier molecular flexibility index (Phi) is 5.40. The molecule has 1 heterocycles. The minimum absolute atomic E-state index is 0.160. The van der Waals surface area contributed by atoms with Crippen molar-refractivity contribution in [2.75, 3.05) is 0 Å². The summed E-state index contributed by atoms with van der Waals surface area (Å²) in [7, 11) is 0. The topological polar surface area (TPSA) is 76.8 Å². The van der Waals surface area contributed by atoms with E-state index in [-0.39, 0.29) is 16.5 Å². The first-order chi connectivity index (χ1) is 13.2. The maximum absolute atomic E-state index is 10.9. The number of hydrogen-bond donors (Lipinski definition) is 1. The number of aliphatic imine (C=N–C) groups is 1. The molecule has 0 saturated heterocycles. The van der Waals surface area contributed by atoms with Crippen LogP contribution in [0.15, 0.2) is 59.6 Å². The summed E-state index contributed by atoms with van der Waals surface area (Å²) in [6.45, 7) is 0.542. The first-order valence-corrected chi connectivity index (χ1v) is 9.98. The molecule has 27 heavy (non-hydrogen) atoms. The number of ether oxygens (including phenoxy) is 1. The van der Waals surface area contributed by atoms with Crippen LogP contribution in [0.4, 0.5) is 0 Å². The van der Waals surface area contributed by atoms with Crippen molar-refractivity contribution < 1.29 is 9.66 Å². The van der Waals surface area contributed by atoms with E-state index in [1.165, 1.54) is 36.4 Å². The van der Waals surface area contributed by atoms with Crippen LogP contribution in [0.1, 0.15) is 30.0 Å². The van der Waals surface area contributed by atoms with E-state index in [0.717, 1.165) is 11.3 Å². The van der Waals surface area contributed by atoms with E-state index in [0.29, 0.717) is 12.5 Å². The quantitative estimate of drug-likeness (QED) is 0.550. The maximum Gasteiger partial charge on any atom is 0.296 e. The lowest BCUT2D eigenvalue weighted by Crippen LogP contribution is -2.30. The molecule has 3 unspecified atom stereocenters. The Morgan fingerprint density at radius 2 is 1.93 bits per heavy atom. The molecule has 1 saturated carbocycles. The summed E-state index contributed by atoms with van der Waals surface area (Å²) in [5.41, 5.74) is 2.04. The molecule has 1 fully saturated rings. The van der Waals surface area contributed by atoms with Gasteiger partial charge in [0.05, 0.1) is 6.21 Å². The van der Waals surface area contributed by atoms with Gasteiger partial charge in [-0.25, -0.2) is 0 Å². The maximum atomic E-state index is 10.9. The fourth-order valence-corrected chi connectivity index (χ4v) is 4.01. The zero-order valence-corrected chi connectivity index (χ0v) is 15.5. The van der Waals surface area contributed by atoms with Crippen molar-refractivity contribution in [2.45, 2.75) is 36.4 Å². The van der Waals surface area contributed by atoms with Gasteiger partial charge in [-0.05, 0) is 53.8 Å². The van der Waals surface area contributed by atoms with E-state index >= 15 is 0 Å². The molecule has 140 valence electrons. The molecule has 2 aromatic carbocycles. The van der Waals surface area contributed by atoms with Crippen molar-refractivity contribution >= 4 is 18.0 Å². The van der Waals surface area contributed by atoms with Gasteiger partial charge in [-0.1, -0.05) is 42.5 Å². The molecular formula is C20H21N3O3S. The van der Waals surface area contributed by atoms with E-state index in [2.05, 4.69) is 22.4 Å². The Labute approximate surface area is 162 Å². The van der Waals surface area contributed by atoms with Gasteiger partial charge < -0.3 is 4.74 Å². The minimum atomic E-state index is -0.754. The zero-order valence-electron chi connectivity index (χ0n) is 14.7. The third kappa shape index (κ3) is 4.67. The second-order valence-electron chi connectivity index (χ2n) is 6.79. The molecule has 0 spiro atoms. The molecule has 0 aromatic heterocycles. The van der Waals surface area contributed by atoms with Crippen molar-refractivity contribution in [1.29, 1.82) is 0 Å². The predicted molar refractivity (Wildman–Crippen MR) is 106 cm³/mol. The lowest BCUT2D eigenvalue weighted by Gasteiger charge is -2.21. The number of nitrogens with one attached hydrogen (secondary N) is 1. The highest BCUT2D eigenvalue weighted by atomic mass is 32.2. The van der Waals surface area contributed by atoms with Crippen molar-refractivity contribution in [1.82, 2.24) is 5.32 Å². The summed E-state index contributed by atoms with van der Waals surface area (Å²) < 4.78 is 5.85. The SMILES string of the molecule is O=[N+]([O-])C1C=NC(NC(c2ccc(OCc3ccccc3)cc2)C2CC2)S1. The molecule has 1 aliphatic carbocycles. The van der Waals surface area contributed by atoms with E-state index in [9.17, 15) is 10.1 Å². The molecule has 1 aliphatic heterocycles. The summed E-state index contributed by atoms with van der Waals surface area (Å²) in [5.74, 6) is 1.39. The molecule has 0 amide bonds. The highest BCUT2D eigenvalue weighted by Gasteiger charge is 2.37. The second-order valence-corrected chi connectivity index (χ2v) is 7.99. The van der Waals surface area contributed by atoms with Crippen molar-refractivity contribution in [3.05, 3.63) is 75.8 Å². The normalized spacial score (nSPS) is 22.5. The van der Waals surface area contributed by atoms with Gasteiger partial charge in [-0.3, -0.25) is 20.4 Å². The second kappa shape index (κ2) is 8.10. The average Bonchev–Trinajstić information content (AvgIpc) is 3.43. The summed E-state index contributed by atoms with van der Waals surface area (Å²) in [5, 5.41) is 13.6. The van der Waals surface area contributed by atoms with Crippen LogP contribution in [0.25, 0.3) is 0 Å². The third-order valence-electron chi connectivity index (χ3n) is 4.73. The standard InChI is InChI=1S/C20H21N3O3S/c24-23(25)18-12-21-20(27-18)22-19(15-6-7-15)16-8-10-17(11-9-16)26-13-14-4-2-1-3-5-14/h1-5,8-12,15,18-20,22H,6-7,13H2. The highest BCUT2D eigenvalue weighted by Crippen LogP contribution is 2.42. The van der Waals surface area contributed by atoms with Crippen molar-refractivity contribution in [3.63, 3.8) is 0 Å². The molecule has 3 atom stereocenters. The van der Waals surface area contributed by atoms with Crippen molar-refractivity contribution in [3.8, 4) is 5.75 Å². The highest BCUT2D eigenvalue weighted by molar-refractivity contribution is 8.01. The van der Waals surface area contributed by atoms with Gasteiger partial charge in [0, 0.05) is 11.0 Å². The van der Waals surface area contributed by atoms with Gasteiger partial charge in [-0.15, -0.1) is 0 Å². The summed E-state index contributed by atoms with van der Waals surface area (Å²) in [4.78, 5) is 14.9. The summed E-state index contributed by atoms with van der Waals surface area (Å²) in [6.07, 6.45) is 3.76. The van der Waals surface area contributed by atoms with Crippen LogP contribution in [0, 0.1) is 16.0 Å². The number of thioether (sulfide) groups is 1. The smallest absolute Gasteiger partial charge is 0.296 e. The molecule has 1 N–H and O–H groups in total. The lowest BCUT2D eigenvalue weighted by molar-refractivity contribution is -0.475. The Morgan fingerprint density at radius 1 is 1.19 bits per heavy atom. The Morgan fingerprint density at radius 3 is 2.56 bits per heavy atom. The van der Waals surface area contributed by atoms with Gasteiger partial charge >= 0.3 is 0 Å². The van der Waals surface area contributed by atoms with Crippen LogP contribution in [0.2, 0.25) is 0 Å². The van der Waals surface area contributed by atoms with Crippen LogP contribution >= 0.6 is 11.8 Å². The van der Waals surface area contributed by atoms with E-state index < -0.39 is 5.37 Å². The largest absolute Gasteiger partial charge is 0.489 e. The average molecular weight is 383 g/mol. The van der Waals surface area contributed by atoms with Crippen LogP contribution in [0.5, 0.6) is 5.75 Å². The Hall–Kier alpha value is -2.38. The fourth-order valence-electron chi connectivity index (χ4n) is 3.14. The van der Waals surface area contributed by atoms with Gasteiger partial charge in [0.25, 0.3) is 5.37 Å². The number of nitro groups is 1. The van der Waals surface area contributed by atoms with Gasteiger partial charge in [-0.2, -0.15) is 0 Å². The van der Waals surface area contributed by atoms with Crippen LogP contribution in [-0.4, -0.2) is 22.0 Å². The third-order valence-corrected chi connectivity index (χ3v) is 5.82. The number of rotatable bonds is 8. The molecule has 6 nitrogen and oxygen atoms in total. The first-order valence-electron chi connectivity index (χ1n) is 9.04. The first kappa shape index (κ1) is 18.0. The van der Waals surface area contributed by atoms with Gasteiger partial charge in [0.1, 0.15) is 12.4 Å². The molecule has 0 radical (unpaired) electrons. The predicted octanol–water partition coefficient (Wildman–Crippen LogP) is 4.01. The van der Waals surface area contributed by atoms with E-state index in [1.807, 2.05) is 42.5 Å². The van der Waals surface area contributed by atoms with E-state index in [4.69, 9.17) is 4.74 Å². The molecule has 4 rings (SSSR count). The lowest BCUT2D eigenvalue weighted by atomic mass is 10.0. The summed E-state index contributed by atoms with van der Waals surface area (Å²) >= 11 is 1.24. The molecule has 2 aromatic rings. The number of benzene rings is 2. The van der Waals surface area contributed by atoms with Gasteiger partial charge in [0.15, 0.2) is 5.50 Å². The number of hydrogen-bond acceptors (Lipinski definition) is 6. The molecule has 0 bridgehead atoms. The van der Waals surface area contributed by atoms with Crippen LogP contribution in [0.3, 0.4) is 0 Å². The van der Waals surface area contributed by atoms with Gasteiger partial charge in [0.2, 0.25) is 0 Å². The number of nitrogens with zero attached hydrogens (tertiary/aromatic N) is 2. The van der Waals surface area contributed by atoms with Crippen LogP contribution in [-0.2, 0) is 6.61 Å². The Bertz CT molecular complexity index is 809.